The second-order valence-electron chi connectivity index (χ2n) is 4.52. The molecule has 7 heteroatoms. The smallest absolute Gasteiger partial charge is 0.367 e. The third-order valence-corrected chi connectivity index (χ3v) is 3.18. The van der Waals surface area contributed by atoms with Crippen LogP contribution in [0.4, 0.5) is 0 Å². The van der Waals surface area contributed by atoms with Crippen LogP contribution in [-0.2, 0) is 4.84 Å². The Balaban J connectivity index is 1.87. The first kappa shape index (κ1) is 13.6. The number of carbonyl (C=O) groups excluding carboxylic acids is 3. The molecule has 2 amide bonds. The number of hydrogen-bond donors (Lipinski definition) is 0. The first-order chi connectivity index (χ1) is 10.5. The average Bonchev–Trinajstić information content (AvgIpc) is 3.01. The summed E-state index contributed by atoms with van der Waals surface area (Å²) in [5, 5.41) is 9.14. The summed E-state index contributed by atoms with van der Waals surface area (Å²) in [6.07, 6.45) is 0. The largest absolute Gasteiger partial charge is 0.450 e. The van der Waals surface area contributed by atoms with Gasteiger partial charge in [-0.1, -0.05) is 17.2 Å². The topological polar surface area (TPSA) is 101 Å². The number of hydroxylamine groups is 2. The summed E-state index contributed by atoms with van der Waals surface area (Å²) in [6.45, 7) is 1.47. The van der Waals surface area contributed by atoms with Gasteiger partial charge in [-0.2, -0.15) is 5.26 Å². The molecule has 0 atom stereocenters. The number of fused-ring (bicyclic) bond motifs is 1. The second kappa shape index (κ2) is 4.86. The number of benzene rings is 1. The van der Waals surface area contributed by atoms with Gasteiger partial charge in [-0.05, 0) is 19.1 Å². The van der Waals surface area contributed by atoms with Gasteiger partial charge in [0.25, 0.3) is 11.8 Å². The molecule has 0 unspecified atom stereocenters. The van der Waals surface area contributed by atoms with E-state index in [1.54, 1.807) is 18.2 Å². The molecule has 3 rings (SSSR count). The van der Waals surface area contributed by atoms with Crippen LogP contribution >= 0.6 is 0 Å². The predicted octanol–water partition coefficient (Wildman–Crippen LogP) is 1.83. The summed E-state index contributed by atoms with van der Waals surface area (Å²) in [4.78, 5) is 41.1. The molecule has 0 spiro atoms. The normalized spacial score (nSPS) is 13.0. The molecular weight excluding hydrogens is 288 g/mol. The number of aryl methyl sites for hydroxylation is 1. The zero-order chi connectivity index (χ0) is 15.9. The van der Waals surface area contributed by atoms with E-state index in [-0.39, 0.29) is 28.2 Å². The molecule has 1 aliphatic rings. The van der Waals surface area contributed by atoms with Gasteiger partial charge >= 0.3 is 5.97 Å². The molecular formula is C15H8N2O5. The summed E-state index contributed by atoms with van der Waals surface area (Å²) < 4.78 is 5.01. The molecule has 108 valence electrons. The lowest BCUT2D eigenvalue weighted by Gasteiger charge is -2.11. The lowest BCUT2D eigenvalue weighted by atomic mass is 10.1. The van der Waals surface area contributed by atoms with Gasteiger partial charge in [0.2, 0.25) is 5.76 Å². The van der Waals surface area contributed by atoms with E-state index in [9.17, 15) is 14.4 Å². The highest BCUT2D eigenvalue weighted by Crippen LogP contribution is 2.24. The first-order valence-electron chi connectivity index (χ1n) is 6.23. The average molecular weight is 296 g/mol. The van der Waals surface area contributed by atoms with Crippen molar-refractivity contribution in [1.29, 1.82) is 5.26 Å². The van der Waals surface area contributed by atoms with Crippen molar-refractivity contribution in [2.45, 2.75) is 6.92 Å². The summed E-state index contributed by atoms with van der Waals surface area (Å²) in [5.41, 5.74) is 0.317. The Morgan fingerprint density at radius 2 is 1.82 bits per heavy atom. The number of nitrogens with zero attached hydrogens (tertiary/aromatic N) is 2. The van der Waals surface area contributed by atoms with Gasteiger partial charge in [-0.25, -0.2) is 4.79 Å². The van der Waals surface area contributed by atoms with E-state index in [1.165, 1.54) is 25.1 Å². The number of amides is 2. The maximum Gasteiger partial charge on any atom is 0.367 e. The third-order valence-electron chi connectivity index (χ3n) is 3.18. The van der Waals surface area contributed by atoms with Gasteiger partial charge in [0.1, 0.15) is 17.4 Å². The molecule has 1 aliphatic heterocycles. The van der Waals surface area contributed by atoms with Crippen LogP contribution in [-0.4, -0.2) is 22.8 Å². The van der Waals surface area contributed by atoms with Crippen LogP contribution in [0.3, 0.4) is 0 Å². The SMILES string of the molecule is Cc1oc(C#N)cc1C(=O)ON1C(=O)c2ccccc2C1=O. The molecule has 7 nitrogen and oxygen atoms in total. The molecule has 1 aromatic carbocycles. The zero-order valence-corrected chi connectivity index (χ0v) is 11.3. The Hall–Kier alpha value is -3.40. The van der Waals surface area contributed by atoms with Crippen LogP contribution in [0.2, 0.25) is 0 Å². The fourth-order valence-electron chi connectivity index (χ4n) is 2.12. The van der Waals surface area contributed by atoms with Crippen molar-refractivity contribution < 1.29 is 23.6 Å². The van der Waals surface area contributed by atoms with Crippen molar-refractivity contribution in [1.82, 2.24) is 5.06 Å². The van der Waals surface area contributed by atoms with Crippen LogP contribution in [0, 0.1) is 18.3 Å². The summed E-state index contributed by atoms with van der Waals surface area (Å²) in [6, 6.07) is 9.09. The molecule has 0 fully saturated rings. The van der Waals surface area contributed by atoms with E-state index in [1.807, 2.05) is 0 Å². The molecule has 0 N–H and O–H groups in total. The fourth-order valence-corrected chi connectivity index (χ4v) is 2.12. The van der Waals surface area contributed by atoms with Crippen LogP contribution in [0.5, 0.6) is 0 Å². The minimum atomic E-state index is -0.947. The maximum atomic E-state index is 12.1. The quantitative estimate of drug-likeness (QED) is 0.783. The summed E-state index contributed by atoms with van der Waals surface area (Å²) >= 11 is 0. The number of furan rings is 1. The van der Waals surface area contributed by atoms with Gasteiger partial charge < -0.3 is 9.25 Å². The summed E-state index contributed by atoms with van der Waals surface area (Å²) in [5.74, 6) is -2.27. The monoisotopic (exact) mass is 296 g/mol. The van der Waals surface area contributed by atoms with Crippen molar-refractivity contribution >= 4 is 17.8 Å². The van der Waals surface area contributed by atoms with Crippen LogP contribution in [0.1, 0.15) is 42.6 Å². The molecule has 0 saturated heterocycles. The molecule has 2 heterocycles. The van der Waals surface area contributed by atoms with Crippen molar-refractivity contribution in [2.24, 2.45) is 0 Å². The maximum absolute atomic E-state index is 12.1. The van der Waals surface area contributed by atoms with Crippen molar-refractivity contribution in [2.75, 3.05) is 0 Å². The third kappa shape index (κ3) is 1.94. The predicted molar refractivity (Wildman–Crippen MR) is 70.5 cm³/mol. The van der Waals surface area contributed by atoms with Gasteiger partial charge in [0.15, 0.2) is 0 Å². The first-order valence-corrected chi connectivity index (χ1v) is 6.23. The van der Waals surface area contributed by atoms with E-state index in [0.29, 0.717) is 5.06 Å². The van der Waals surface area contributed by atoms with Gasteiger partial charge in [-0.3, -0.25) is 9.59 Å². The lowest BCUT2D eigenvalue weighted by molar-refractivity contribution is -0.0585. The number of carbonyl (C=O) groups is 3. The van der Waals surface area contributed by atoms with E-state index >= 15 is 0 Å². The number of nitriles is 1. The highest BCUT2D eigenvalue weighted by Gasteiger charge is 2.39. The molecule has 22 heavy (non-hydrogen) atoms. The fraction of sp³-hybridized carbons (Fsp3) is 0.0667. The highest BCUT2D eigenvalue weighted by molar-refractivity contribution is 6.21. The van der Waals surface area contributed by atoms with Gasteiger partial charge in [0.05, 0.1) is 11.1 Å². The molecule has 0 saturated carbocycles. The minimum absolute atomic E-state index is 0.0203. The Morgan fingerprint density at radius 3 is 2.32 bits per heavy atom. The van der Waals surface area contributed by atoms with E-state index in [2.05, 4.69) is 0 Å². The Morgan fingerprint density at radius 1 is 1.23 bits per heavy atom. The van der Waals surface area contributed by atoms with Crippen LogP contribution in [0.25, 0.3) is 0 Å². The Kier molecular flexibility index (Phi) is 3.00. The van der Waals surface area contributed by atoms with Crippen molar-refractivity contribution in [3.05, 3.63) is 58.5 Å². The zero-order valence-electron chi connectivity index (χ0n) is 11.3. The number of rotatable bonds is 2. The number of hydrogen-bond acceptors (Lipinski definition) is 6. The molecule has 0 radical (unpaired) electrons. The second-order valence-corrected chi connectivity index (χ2v) is 4.52. The minimum Gasteiger partial charge on any atom is -0.450 e. The van der Waals surface area contributed by atoms with Gasteiger partial charge in [-0.15, -0.1) is 0 Å². The lowest BCUT2D eigenvalue weighted by Crippen LogP contribution is -2.32. The van der Waals surface area contributed by atoms with Crippen LogP contribution < -0.4 is 0 Å². The van der Waals surface area contributed by atoms with Crippen molar-refractivity contribution in [3.8, 4) is 6.07 Å². The molecule has 2 aromatic rings. The standard InChI is InChI=1S/C15H8N2O5/c1-8-12(6-9(7-16)21-8)15(20)22-17-13(18)10-4-2-3-5-11(10)14(17)19/h2-6H,1H3. The van der Waals surface area contributed by atoms with E-state index in [4.69, 9.17) is 14.5 Å². The van der Waals surface area contributed by atoms with E-state index in [0.717, 1.165) is 0 Å². The van der Waals surface area contributed by atoms with Crippen molar-refractivity contribution in [3.63, 3.8) is 0 Å². The Bertz CT molecular complexity index is 824. The molecule has 0 bridgehead atoms. The van der Waals surface area contributed by atoms with Crippen LogP contribution in [0.15, 0.2) is 34.7 Å². The van der Waals surface area contributed by atoms with E-state index < -0.39 is 17.8 Å². The molecule has 0 aliphatic carbocycles. The summed E-state index contributed by atoms with van der Waals surface area (Å²) in [7, 11) is 0. The Labute approximate surface area is 124 Å². The highest BCUT2D eigenvalue weighted by atomic mass is 16.7. The van der Waals surface area contributed by atoms with Gasteiger partial charge in [0, 0.05) is 6.07 Å². The number of imide groups is 1. The molecule has 1 aromatic heterocycles.